The van der Waals surface area contributed by atoms with Gasteiger partial charge in [0.1, 0.15) is 0 Å². The van der Waals surface area contributed by atoms with E-state index in [9.17, 15) is 0 Å². The molecular weight excluding hydrogens is 619 g/mol. The first-order valence-electron chi connectivity index (χ1n) is 17.5. The third kappa shape index (κ3) is 4.69. The molecule has 1 aliphatic rings. The van der Waals surface area contributed by atoms with Crippen LogP contribution in [0.4, 0.5) is 0 Å². The van der Waals surface area contributed by atoms with Gasteiger partial charge in [-0.15, -0.1) is 0 Å². The number of benzene rings is 8. The Morgan fingerprint density at radius 1 is 0.373 bits per heavy atom. The van der Waals surface area contributed by atoms with Gasteiger partial charge in [-0.3, -0.25) is 0 Å². The van der Waals surface area contributed by atoms with E-state index in [1.165, 1.54) is 38.6 Å². The van der Waals surface area contributed by atoms with Crippen LogP contribution in [0.2, 0.25) is 0 Å². The summed E-state index contributed by atoms with van der Waals surface area (Å²) < 4.78 is 0. The molecule has 3 nitrogen and oxygen atoms in total. The zero-order valence-electron chi connectivity index (χ0n) is 28.4. The standard InChI is InChI=1S/C48H33N3/c1-48(2)42-21-10-9-18-38(42)40-19-11-20-41(44(40)48)39-27-26-32-14-7-8-17-37(32)43(39)47-50-45(35-24-22-30-12-3-5-15-33(30)28-35)49-46(51-47)36-25-23-31-13-4-6-16-34(31)29-36/h3-29H,1-2H3. The number of fused-ring (bicyclic) bond motifs is 6. The first-order chi connectivity index (χ1) is 25.0. The summed E-state index contributed by atoms with van der Waals surface area (Å²) >= 11 is 0. The van der Waals surface area contributed by atoms with Crippen LogP contribution < -0.4 is 0 Å². The average molecular weight is 652 g/mol. The van der Waals surface area contributed by atoms with Crippen molar-refractivity contribution in [1.82, 2.24) is 15.0 Å². The number of hydrogen-bond donors (Lipinski definition) is 0. The molecule has 0 fully saturated rings. The van der Waals surface area contributed by atoms with Crippen LogP contribution in [0.5, 0.6) is 0 Å². The van der Waals surface area contributed by atoms with Crippen molar-refractivity contribution in [2.75, 3.05) is 0 Å². The minimum absolute atomic E-state index is 0.183. The summed E-state index contributed by atoms with van der Waals surface area (Å²) in [4.78, 5) is 15.9. The first-order valence-corrected chi connectivity index (χ1v) is 17.5. The fourth-order valence-electron chi connectivity index (χ4n) is 8.21. The Kier molecular flexibility index (Phi) is 6.53. The van der Waals surface area contributed by atoms with E-state index in [1.54, 1.807) is 0 Å². The summed E-state index contributed by atoms with van der Waals surface area (Å²) in [5.41, 5.74) is 10.3. The molecule has 0 saturated heterocycles. The largest absolute Gasteiger partial charge is 0.208 e. The van der Waals surface area contributed by atoms with E-state index in [1.807, 2.05) is 0 Å². The Morgan fingerprint density at radius 2 is 0.863 bits per heavy atom. The van der Waals surface area contributed by atoms with E-state index in [4.69, 9.17) is 15.0 Å². The fraction of sp³-hybridized carbons (Fsp3) is 0.0625. The SMILES string of the molecule is CC1(C)c2ccccc2-c2cccc(-c3ccc4ccccc4c3-c3nc(-c4ccc5ccccc5c4)nc(-c4ccc5ccccc5c4)n3)c21. The Hall–Kier alpha value is -6.45. The Labute approximate surface area is 297 Å². The molecule has 10 rings (SSSR count). The predicted molar refractivity (Wildman–Crippen MR) is 212 cm³/mol. The van der Waals surface area contributed by atoms with Crippen LogP contribution in [0.3, 0.4) is 0 Å². The lowest BCUT2D eigenvalue weighted by Gasteiger charge is -2.25. The number of hydrogen-bond acceptors (Lipinski definition) is 3. The summed E-state index contributed by atoms with van der Waals surface area (Å²) in [5, 5.41) is 6.92. The average Bonchev–Trinajstić information content (AvgIpc) is 3.43. The van der Waals surface area contributed by atoms with Crippen molar-refractivity contribution < 1.29 is 0 Å². The number of aromatic nitrogens is 3. The van der Waals surface area contributed by atoms with Gasteiger partial charge in [0, 0.05) is 22.1 Å². The van der Waals surface area contributed by atoms with E-state index < -0.39 is 0 Å². The van der Waals surface area contributed by atoms with Gasteiger partial charge in [-0.25, -0.2) is 15.0 Å². The Morgan fingerprint density at radius 3 is 1.53 bits per heavy atom. The maximum atomic E-state index is 5.35. The van der Waals surface area contributed by atoms with Crippen molar-refractivity contribution in [1.29, 1.82) is 0 Å². The first kappa shape index (κ1) is 29.5. The molecule has 8 aromatic carbocycles. The second kappa shape index (κ2) is 11.3. The summed E-state index contributed by atoms with van der Waals surface area (Å²) in [6, 6.07) is 58.4. The molecule has 0 spiro atoms. The van der Waals surface area contributed by atoms with Gasteiger partial charge in [0.05, 0.1) is 0 Å². The van der Waals surface area contributed by atoms with Crippen molar-refractivity contribution in [3.63, 3.8) is 0 Å². The highest BCUT2D eigenvalue weighted by Gasteiger charge is 2.37. The van der Waals surface area contributed by atoms with Gasteiger partial charge < -0.3 is 0 Å². The molecule has 0 saturated carbocycles. The molecule has 240 valence electrons. The van der Waals surface area contributed by atoms with Gasteiger partial charge in [0.2, 0.25) is 0 Å². The molecular formula is C48H33N3. The highest BCUT2D eigenvalue weighted by atomic mass is 15.0. The number of nitrogens with zero attached hydrogens (tertiary/aromatic N) is 3. The molecule has 51 heavy (non-hydrogen) atoms. The zero-order chi connectivity index (χ0) is 34.1. The van der Waals surface area contributed by atoms with E-state index in [0.717, 1.165) is 43.8 Å². The van der Waals surface area contributed by atoms with Crippen molar-refractivity contribution in [3.8, 4) is 56.4 Å². The molecule has 1 aliphatic carbocycles. The molecule has 0 radical (unpaired) electrons. The molecule has 0 amide bonds. The van der Waals surface area contributed by atoms with Crippen LogP contribution in [0.25, 0.3) is 88.7 Å². The highest BCUT2D eigenvalue weighted by molar-refractivity contribution is 6.05. The van der Waals surface area contributed by atoms with Gasteiger partial charge in [-0.1, -0.05) is 166 Å². The minimum atomic E-state index is -0.183. The van der Waals surface area contributed by atoms with Gasteiger partial charge in [0.15, 0.2) is 17.5 Å². The quantitative estimate of drug-likeness (QED) is 0.190. The van der Waals surface area contributed by atoms with Crippen LogP contribution in [0.15, 0.2) is 164 Å². The molecule has 0 atom stereocenters. The molecule has 0 unspecified atom stereocenters. The highest BCUT2D eigenvalue weighted by Crippen LogP contribution is 2.53. The van der Waals surface area contributed by atoms with E-state index >= 15 is 0 Å². The smallest absolute Gasteiger partial charge is 0.165 e. The fourth-order valence-corrected chi connectivity index (χ4v) is 8.21. The Bertz CT molecular complexity index is 2750. The van der Waals surface area contributed by atoms with Gasteiger partial charge in [-0.2, -0.15) is 0 Å². The second-order valence-electron chi connectivity index (χ2n) is 14.0. The third-order valence-corrected chi connectivity index (χ3v) is 10.7. The van der Waals surface area contributed by atoms with Crippen molar-refractivity contribution >= 4 is 32.3 Å². The molecule has 3 heteroatoms. The summed E-state index contributed by atoms with van der Waals surface area (Å²) in [7, 11) is 0. The summed E-state index contributed by atoms with van der Waals surface area (Å²) in [6.07, 6.45) is 0. The van der Waals surface area contributed by atoms with Crippen LogP contribution in [-0.4, -0.2) is 15.0 Å². The monoisotopic (exact) mass is 651 g/mol. The van der Waals surface area contributed by atoms with E-state index in [2.05, 4.69) is 178 Å². The normalized spacial score (nSPS) is 13.1. The van der Waals surface area contributed by atoms with E-state index in [-0.39, 0.29) is 5.41 Å². The molecule has 0 N–H and O–H groups in total. The summed E-state index contributed by atoms with van der Waals surface area (Å²) in [6.45, 7) is 4.70. The second-order valence-corrected chi connectivity index (χ2v) is 14.0. The molecule has 9 aromatic rings. The maximum absolute atomic E-state index is 5.35. The molecule has 0 aliphatic heterocycles. The van der Waals surface area contributed by atoms with Crippen LogP contribution >= 0.6 is 0 Å². The van der Waals surface area contributed by atoms with Gasteiger partial charge in [-0.05, 0) is 77.8 Å². The zero-order valence-corrected chi connectivity index (χ0v) is 28.4. The maximum Gasteiger partial charge on any atom is 0.165 e. The molecule has 0 bridgehead atoms. The number of rotatable bonds is 4. The molecule has 1 heterocycles. The van der Waals surface area contributed by atoms with Crippen molar-refractivity contribution in [2.45, 2.75) is 19.3 Å². The lowest BCUT2D eigenvalue weighted by atomic mass is 9.78. The predicted octanol–water partition coefficient (Wildman–Crippen LogP) is 12.3. The lowest BCUT2D eigenvalue weighted by molar-refractivity contribution is 0.662. The van der Waals surface area contributed by atoms with E-state index in [0.29, 0.717) is 17.5 Å². The Balaban J connectivity index is 1.27. The van der Waals surface area contributed by atoms with Crippen molar-refractivity contribution in [3.05, 3.63) is 175 Å². The van der Waals surface area contributed by atoms with Gasteiger partial charge in [0.25, 0.3) is 0 Å². The lowest BCUT2D eigenvalue weighted by Crippen LogP contribution is -2.16. The molecule has 1 aromatic heterocycles. The minimum Gasteiger partial charge on any atom is -0.208 e. The van der Waals surface area contributed by atoms with Crippen LogP contribution in [0, 0.1) is 0 Å². The summed E-state index contributed by atoms with van der Waals surface area (Å²) in [5.74, 6) is 1.96. The van der Waals surface area contributed by atoms with Crippen molar-refractivity contribution in [2.24, 2.45) is 0 Å². The third-order valence-electron chi connectivity index (χ3n) is 10.7. The topological polar surface area (TPSA) is 38.7 Å². The van der Waals surface area contributed by atoms with Crippen LogP contribution in [0.1, 0.15) is 25.0 Å². The van der Waals surface area contributed by atoms with Gasteiger partial charge >= 0.3 is 0 Å². The van der Waals surface area contributed by atoms with Crippen LogP contribution in [-0.2, 0) is 5.41 Å².